The van der Waals surface area contributed by atoms with E-state index >= 15 is 0 Å². The molecule has 0 unspecified atom stereocenters. The summed E-state index contributed by atoms with van der Waals surface area (Å²) in [5, 5.41) is 63.7. The van der Waals surface area contributed by atoms with Crippen molar-refractivity contribution in [3.63, 3.8) is 0 Å². The molecule has 4 aromatic carbocycles. The van der Waals surface area contributed by atoms with Gasteiger partial charge in [-0.2, -0.15) is 16.8 Å². The molecule has 4 aromatic rings. The third-order valence-corrected chi connectivity index (χ3v) is 8.67. The summed E-state index contributed by atoms with van der Waals surface area (Å²) in [6.45, 7) is -0.675. The molecule has 0 bridgehead atoms. The minimum atomic E-state index is -4.90. The van der Waals surface area contributed by atoms with Crippen LogP contribution in [0.1, 0.15) is 43.0 Å². The van der Waals surface area contributed by atoms with Gasteiger partial charge < -0.3 is 41.3 Å². The number of carboxylic acid groups (broad SMARTS) is 2. The number of hydrogen-bond donors (Lipinski definition) is 10. The largest absolute Gasteiger partial charge is 0.508 e. The molecule has 0 spiro atoms. The van der Waals surface area contributed by atoms with Gasteiger partial charge in [-0.05, 0) is 47.5 Å². The minimum absolute atomic E-state index is 0. The first-order valence-electron chi connectivity index (χ1n) is 13.3. The smallest absolute Gasteiger partial charge is 0.336 e. The van der Waals surface area contributed by atoms with E-state index in [0.29, 0.717) is 0 Å². The zero-order valence-corrected chi connectivity index (χ0v) is 28.8. The fraction of sp³-hybridized carbons (Fsp3) is 0.0667. The molecule has 0 aliphatic rings. The van der Waals surface area contributed by atoms with Crippen LogP contribution in [0.15, 0.2) is 70.5 Å². The number of aromatic hydroxyl groups is 4. The summed E-state index contributed by atoms with van der Waals surface area (Å²) in [5.74, 6) is -4.98. The van der Waals surface area contributed by atoms with Crippen molar-refractivity contribution in [1.29, 1.82) is 0 Å². The molecule has 0 amide bonds. The van der Waals surface area contributed by atoms with Crippen LogP contribution >= 0.6 is 0 Å². The summed E-state index contributed by atoms with van der Waals surface area (Å²) in [5.41, 5.74) is -1.25. The van der Waals surface area contributed by atoms with E-state index in [2.05, 4.69) is 10.6 Å². The Bertz CT molecular complexity index is 2050. The summed E-state index contributed by atoms with van der Waals surface area (Å²) in [6, 6.07) is 10.8. The Hall–Kier alpha value is -4.82. The minimum Gasteiger partial charge on any atom is -0.508 e. The molecule has 0 atom stereocenters. The van der Waals surface area contributed by atoms with Gasteiger partial charge in [0.05, 0.1) is 11.1 Å². The van der Waals surface area contributed by atoms with E-state index in [0.717, 1.165) is 48.6 Å². The van der Waals surface area contributed by atoms with Gasteiger partial charge in [0.15, 0.2) is 0 Å². The molecule has 0 aromatic heterocycles. The van der Waals surface area contributed by atoms with Crippen molar-refractivity contribution >= 4 is 85.3 Å². The molecule has 253 valence electrons. The van der Waals surface area contributed by atoms with E-state index in [-0.39, 0.29) is 76.3 Å². The summed E-state index contributed by atoms with van der Waals surface area (Å²) >= 11 is 0. The van der Waals surface area contributed by atoms with E-state index in [4.69, 9.17) is 0 Å². The normalized spacial score (nSPS) is 11.6. The number of benzene rings is 4. The van der Waals surface area contributed by atoms with Crippen molar-refractivity contribution in [2.75, 3.05) is 10.6 Å². The van der Waals surface area contributed by atoms with Gasteiger partial charge in [0.25, 0.3) is 20.2 Å². The summed E-state index contributed by atoms with van der Waals surface area (Å²) < 4.78 is 68.7. The Morgan fingerprint density at radius 2 is 0.939 bits per heavy atom. The molecule has 0 aliphatic heterocycles. The van der Waals surface area contributed by atoms with Crippen molar-refractivity contribution in [2.45, 2.75) is 22.9 Å². The van der Waals surface area contributed by atoms with Gasteiger partial charge in [0, 0.05) is 77.3 Å². The molecular weight excluding hydrogens is 699 g/mol. The second-order valence-electron chi connectivity index (χ2n) is 10.1. The number of hydrogen-bond acceptors (Lipinski definition) is 12. The van der Waals surface area contributed by atoms with Crippen LogP contribution in [-0.2, 0) is 33.3 Å². The van der Waals surface area contributed by atoms with Gasteiger partial charge in [-0.15, -0.1) is 0 Å². The van der Waals surface area contributed by atoms with Crippen molar-refractivity contribution < 1.29 is 66.2 Å². The Morgan fingerprint density at radius 3 is 1.24 bits per heavy atom. The van der Waals surface area contributed by atoms with E-state index in [9.17, 15) is 66.2 Å². The predicted molar refractivity (Wildman–Crippen MR) is 175 cm³/mol. The number of phenolic OH excluding ortho intramolecular Hbond substituents is 4. The average Bonchev–Trinajstić information content (AvgIpc) is 2.97. The number of nitrogens with one attached hydrogen (secondary N) is 2. The molecule has 0 fully saturated rings. The molecule has 10 N–H and O–H groups in total. The van der Waals surface area contributed by atoms with Gasteiger partial charge in [0.1, 0.15) is 32.8 Å². The van der Waals surface area contributed by atoms with Crippen LogP contribution in [0.2, 0.25) is 0 Å². The van der Waals surface area contributed by atoms with Crippen LogP contribution < -0.4 is 10.6 Å². The van der Waals surface area contributed by atoms with Crippen molar-refractivity contribution in [3.8, 4) is 23.0 Å². The van der Waals surface area contributed by atoms with Gasteiger partial charge >= 0.3 is 11.9 Å². The number of aromatic carboxylic acids is 2. The zero-order chi connectivity index (χ0) is 35.6. The van der Waals surface area contributed by atoms with Crippen LogP contribution in [0.3, 0.4) is 0 Å². The molecule has 0 aliphatic carbocycles. The monoisotopic (exact) mass is 725 g/mol. The number of carbonyl (C=O) groups is 2. The SMILES string of the molecule is O=C(O)c1cc(O)cc(O)c1CNc1ccc(C=Cc2ccc(NCc3c(O)cc(O)cc3C(=O)O)cc2S(=O)(=O)O)c(S(=O)(=O)O)c1.[Na]. The van der Waals surface area contributed by atoms with Crippen LogP contribution in [0, 0.1) is 0 Å². The number of anilines is 2. The standard InChI is InChI=1S/C30H26N2O14S2.Na/c33-19-9-21(29(37)38)23(25(35)11-19)13-31-17-5-3-15(27(7-17)47(41,42)43)1-2-16-4-6-18(8-28(16)48(44,45)46)32-14-24-22(30(39)40)10-20(34)12-26(24)36;/h1-12,31-36H,13-14H2,(H,37,38)(H,39,40)(H,41,42,43)(H,44,45,46);. The fourth-order valence-corrected chi connectivity index (χ4v) is 6.03. The molecule has 0 heterocycles. The predicted octanol–water partition coefficient (Wildman–Crippen LogP) is 3.41. The number of rotatable bonds is 12. The van der Waals surface area contributed by atoms with Crippen molar-refractivity contribution in [3.05, 3.63) is 94.0 Å². The summed E-state index contributed by atoms with van der Waals surface area (Å²) in [7, 11) is -9.79. The van der Waals surface area contributed by atoms with Crippen LogP contribution in [0.25, 0.3) is 12.2 Å². The quantitative estimate of drug-likeness (QED) is 0.0569. The second-order valence-corrected chi connectivity index (χ2v) is 12.9. The van der Waals surface area contributed by atoms with Gasteiger partial charge in [-0.1, -0.05) is 24.3 Å². The maximum atomic E-state index is 12.2. The molecule has 0 saturated heterocycles. The van der Waals surface area contributed by atoms with E-state index in [1.807, 2.05) is 0 Å². The third-order valence-electron chi connectivity index (χ3n) is 6.85. The van der Waals surface area contributed by atoms with Gasteiger partial charge in [0.2, 0.25) is 0 Å². The maximum absolute atomic E-state index is 12.2. The van der Waals surface area contributed by atoms with Gasteiger partial charge in [-0.3, -0.25) is 9.11 Å². The summed E-state index contributed by atoms with van der Waals surface area (Å²) in [6.07, 6.45) is 2.26. The first kappa shape index (κ1) is 38.6. The fourth-order valence-electron chi connectivity index (χ4n) is 4.61. The van der Waals surface area contributed by atoms with Crippen LogP contribution in [0.5, 0.6) is 23.0 Å². The van der Waals surface area contributed by atoms with E-state index in [1.165, 1.54) is 24.3 Å². The Balaban J connectivity index is 0.00000650. The molecule has 1 radical (unpaired) electrons. The van der Waals surface area contributed by atoms with E-state index < -0.39 is 76.1 Å². The maximum Gasteiger partial charge on any atom is 0.336 e. The van der Waals surface area contributed by atoms with Gasteiger partial charge in [-0.25, -0.2) is 9.59 Å². The topological polar surface area (TPSA) is 288 Å². The average molecular weight is 726 g/mol. The Kier molecular flexibility index (Phi) is 12.0. The van der Waals surface area contributed by atoms with E-state index in [1.54, 1.807) is 0 Å². The Morgan fingerprint density at radius 1 is 0.592 bits per heavy atom. The second kappa shape index (κ2) is 15.2. The van der Waals surface area contributed by atoms with Crippen molar-refractivity contribution in [1.82, 2.24) is 0 Å². The van der Waals surface area contributed by atoms with Crippen molar-refractivity contribution in [2.24, 2.45) is 0 Å². The third kappa shape index (κ3) is 9.42. The Labute approximate surface area is 300 Å². The first-order valence-corrected chi connectivity index (χ1v) is 16.2. The molecule has 4 rings (SSSR count). The molecule has 19 heteroatoms. The number of carboxylic acids is 2. The zero-order valence-electron chi connectivity index (χ0n) is 25.2. The van der Waals surface area contributed by atoms with Crippen LogP contribution in [-0.4, -0.2) is 98.1 Å². The van der Waals surface area contributed by atoms with Crippen LogP contribution in [0.4, 0.5) is 11.4 Å². The molecule has 16 nitrogen and oxygen atoms in total. The molecular formula is C30H26N2NaO14S2. The molecule has 0 saturated carbocycles. The molecule has 49 heavy (non-hydrogen) atoms. The first-order chi connectivity index (χ1) is 22.3. The number of phenols is 4. The summed E-state index contributed by atoms with van der Waals surface area (Å²) in [4.78, 5) is 21.8.